The molecule has 136 valence electrons. The highest BCUT2D eigenvalue weighted by atomic mass is 16.1. The molecular weight excluding hydrogens is 328 g/mol. The molecule has 0 aliphatic carbocycles. The number of aromatic nitrogens is 3. The average molecular weight is 352 g/mol. The van der Waals surface area contributed by atoms with E-state index in [1.54, 1.807) is 19.4 Å². The molecule has 0 spiro atoms. The predicted molar refractivity (Wildman–Crippen MR) is 99.9 cm³/mol. The maximum absolute atomic E-state index is 12.0. The lowest BCUT2D eigenvalue weighted by Gasteiger charge is -2.22. The third kappa shape index (κ3) is 3.26. The Labute approximate surface area is 153 Å². The normalized spacial score (nSPS) is 19.7. The Kier molecular flexibility index (Phi) is 4.79. The second-order valence-corrected chi connectivity index (χ2v) is 6.83. The largest absolute Gasteiger partial charge is 0.359 e. The smallest absolute Gasteiger partial charge is 0.224 e. The van der Waals surface area contributed by atoms with Crippen LogP contribution in [0.3, 0.4) is 0 Å². The van der Waals surface area contributed by atoms with Crippen LogP contribution in [0.4, 0.5) is 5.82 Å². The lowest BCUT2D eigenvalue weighted by atomic mass is 10.1. The number of nitrogens with zero attached hydrogens (tertiary/aromatic N) is 4. The lowest BCUT2D eigenvalue weighted by molar-refractivity contribution is -0.123. The minimum atomic E-state index is 0.0268. The summed E-state index contributed by atoms with van der Waals surface area (Å²) in [6.07, 6.45) is 6.21. The predicted octanol–water partition coefficient (Wildman–Crippen LogP) is 0.799. The van der Waals surface area contributed by atoms with Crippen molar-refractivity contribution in [1.29, 1.82) is 0 Å². The highest BCUT2D eigenvalue weighted by molar-refractivity contribution is 5.79. The molecule has 2 aliphatic heterocycles. The zero-order chi connectivity index (χ0) is 17.9. The van der Waals surface area contributed by atoms with Crippen LogP contribution in [0.15, 0.2) is 24.5 Å². The first-order chi connectivity index (χ1) is 12.8. The Morgan fingerprint density at radius 1 is 1.23 bits per heavy atom. The Hall–Kier alpha value is -2.54. The third-order valence-electron chi connectivity index (χ3n) is 5.20. The van der Waals surface area contributed by atoms with Gasteiger partial charge in [0.05, 0.1) is 11.6 Å². The van der Waals surface area contributed by atoms with Gasteiger partial charge in [-0.05, 0) is 31.5 Å². The molecule has 7 heteroatoms. The van der Waals surface area contributed by atoms with Crippen LogP contribution in [0.1, 0.15) is 17.7 Å². The summed E-state index contributed by atoms with van der Waals surface area (Å²) in [5, 5.41) is 6.22. The van der Waals surface area contributed by atoms with E-state index in [9.17, 15) is 4.79 Å². The van der Waals surface area contributed by atoms with Crippen LogP contribution in [-0.4, -0.2) is 54.1 Å². The zero-order valence-corrected chi connectivity index (χ0v) is 15.0. The Morgan fingerprint density at radius 2 is 2.04 bits per heavy atom. The van der Waals surface area contributed by atoms with Crippen molar-refractivity contribution in [3.05, 3.63) is 35.8 Å². The average Bonchev–Trinajstić information content (AvgIpc) is 3.06. The number of carbonyl (C=O) groups excluding carboxylic acids is 1. The number of nitrogens with one attached hydrogen (secondary N) is 2. The van der Waals surface area contributed by atoms with Crippen molar-refractivity contribution < 1.29 is 4.79 Å². The molecule has 0 aromatic carbocycles. The maximum Gasteiger partial charge on any atom is 0.224 e. The second-order valence-electron chi connectivity index (χ2n) is 6.83. The van der Waals surface area contributed by atoms with Crippen LogP contribution in [-0.2, 0) is 17.6 Å². The summed E-state index contributed by atoms with van der Waals surface area (Å²) in [5.74, 6) is 1.88. The molecule has 1 amide bonds. The van der Waals surface area contributed by atoms with E-state index in [-0.39, 0.29) is 11.8 Å². The minimum absolute atomic E-state index is 0.0268. The molecule has 1 atom stereocenters. The Bertz CT molecular complexity index is 794. The van der Waals surface area contributed by atoms with Gasteiger partial charge >= 0.3 is 0 Å². The summed E-state index contributed by atoms with van der Waals surface area (Å²) in [4.78, 5) is 28.2. The van der Waals surface area contributed by atoms with Gasteiger partial charge in [-0.2, -0.15) is 0 Å². The number of amides is 1. The van der Waals surface area contributed by atoms with E-state index in [0.29, 0.717) is 6.54 Å². The number of fused-ring (bicyclic) bond motifs is 1. The number of rotatable bonds is 3. The first kappa shape index (κ1) is 16.9. The fraction of sp³-hybridized carbons (Fsp3) is 0.474. The molecule has 2 aromatic rings. The quantitative estimate of drug-likeness (QED) is 0.850. The van der Waals surface area contributed by atoms with E-state index in [1.807, 2.05) is 12.1 Å². The molecule has 1 saturated heterocycles. The van der Waals surface area contributed by atoms with Crippen molar-refractivity contribution >= 4 is 11.7 Å². The summed E-state index contributed by atoms with van der Waals surface area (Å²) in [6.45, 7) is 3.43. The highest BCUT2D eigenvalue weighted by Gasteiger charge is 2.31. The number of carbonyl (C=O) groups is 1. The first-order valence-corrected chi connectivity index (χ1v) is 9.23. The highest BCUT2D eigenvalue weighted by Crippen LogP contribution is 2.30. The molecule has 0 saturated carbocycles. The van der Waals surface area contributed by atoms with Crippen molar-refractivity contribution in [2.45, 2.75) is 19.3 Å². The van der Waals surface area contributed by atoms with Gasteiger partial charge in [-0.1, -0.05) is 0 Å². The summed E-state index contributed by atoms with van der Waals surface area (Å²) in [7, 11) is 1.70. The molecule has 2 N–H and O–H groups in total. The third-order valence-corrected chi connectivity index (χ3v) is 5.20. The van der Waals surface area contributed by atoms with Gasteiger partial charge in [0.1, 0.15) is 5.82 Å². The van der Waals surface area contributed by atoms with Gasteiger partial charge in [-0.3, -0.25) is 9.78 Å². The Morgan fingerprint density at radius 3 is 2.85 bits per heavy atom. The molecule has 2 aromatic heterocycles. The van der Waals surface area contributed by atoms with Gasteiger partial charge in [0.15, 0.2) is 5.82 Å². The SMILES string of the molecule is CNC(=O)C1CCN(c2nc(-c3ccncc3)nc3c2CCNCC3)C1. The van der Waals surface area contributed by atoms with Gasteiger partial charge in [0.25, 0.3) is 0 Å². The van der Waals surface area contributed by atoms with Crippen molar-refractivity contribution in [3.63, 3.8) is 0 Å². The molecule has 4 heterocycles. The van der Waals surface area contributed by atoms with Crippen molar-refractivity contribution in [2.75, 3.05) is 38.1 Å². The lowest BCUT2D eigenvalue weighted by Crippen LogP contribution is -2.31. The first-order valence-electron chi connectivity index (χ1n) is 9.23. The topological polar surface area (TPSA) is 83.0 Å². The molecule has 7 nitrogen and oxygen atoms in total. The molecule has 0 radical (unpaired) electrons. The van der Waals surface area contributed by atoms with Crippen molar-refractivity contribution in [2.24, 2.45) is 5.92 Å². The molecule has 4 rings (SSSR count). The fourth-order valence-corrected chi connectivity index (χ4v) is 3.79. The van der Waals surface area contributed by atoms with E-state index in [4.69, 9.17) is 9.97 Å². The van der Waals surface area contributed by atoms with Crippen LogP contribution >= 0.6 is 0 Å². The van der Waals surface area contributed by atoms with E-state index in [0.717, 1.165) is 61.8 Å². The van der Waals surface area contributed by atoms with Crippen LogP contribution in [0.25, 0.3) is 11.4 Å². The molecule has 1 unspecified atom stereocenters. The van der Waals surface area contributed by atoms with Crippen LogP contribution in [0.2, 0.25) is 0 Å². The van der Waals surface area contributed by atoms with E-state index >= 15 is 0 Å². The number of hydrogen-bond acceptors (Lipinski definition) is 6. The van der Waals surface area contributed by atoms with E-state index < -0.39 is 0 Å². The molecule has 0 bridgehead atoms. The van der Waals surface area contributed by atoms with Gasteiger partial charge in [0, 0.05) is 56.6 Å². The minimum Gasteiger partial charge on any atom is -0.359 e. The zero-order valence-electron chi connectivity index (χ0n) is 15.0. The summed E-state index contributed by atoms with van der Waals surface area (Å²) in [6, 6.07) is 3.88. The van der Waals surface area contributed by atoms with E-state index in [2.05, 4.69) is 20.5 Å². The summed E-state index contributed by atoms with van der Waals surface area (Å²) < 4.78 is 0. The monoisotopic (exact) mass is 352 g/mol. The van der Waals surface area contributed by atoms with Gasteiger partial charge in [-0.25, -0.2) is 9.97 Å². The molecule has 26 heavy (non-hydrogen) atoms. The van der Waals surface area contributed by atoms with Gasteiger partial charge in [0.2, 0.25) is 5.91 Å². The number of anilines is 1. The molecule has 1 fully saturated rings. The van der Waals surface area contributed by atoms with Gasteiger partial charge in [-0.15, -0.1) is 0 Å². The standard InChI is InChI=1S/C19H24N6O/c1-20-19(26)14-6-11-25(12-14)18-15-4-9-22-10-5-16(15)23-17(24-18)13-2-7-21-8-3-13/h2-3,7-8,14,22H,4-6,9-12H2,1H3,(H,20,26). The van der Waals surface area contributed by atoms with Crippen LogP contribution in [0.5, 0.6) is 0 Å². The summed E-state index contributed by atoms with van der Waals surface area (Å²) in [5.41, 5.74) is 3.32. The number of pyridine rings is 1. The van der Waals surface area contributed by atoms with E-state index in [1.165, 1.54) is 5.56 Å². The summed E-state index contributed by atoms with van der Waals surface area (Å²) >= 11 is 0. The second kappa shape index (κ2) is 7.37. The van der Waals surface area contributed by atoms with Crippen LogP contribution < -0.4 is 15.5 Å². The van der Waals surface area contributed by atoms with Crippen molar-refractivity contribution in [3.8, 4) is 11.4 Å². The van der Waals surface area contributed by atoms with Gasteiger partial charge < -0.3 is 15.5 Å². The molecular formula is C19H24N6O. The maximum atomic E-state index is 12.0. The Balaban J connectivity index is 1.74. The van der Waals surface area contributed by atoms with Crippen molar-refractivity contribution in [1.82, 2.24) is 25.6 Å². The van der Waals surface area contributed by atoms with Crippen LogP contribution in [0, 0.1) is 5.92 Å². The molecule has 2 aliphatic rings. The fourth-order valence-electron chi connectivity index (χ4n) is 3.79. The number of hydrogen-bond donors (Lipinski definition) is 2.